The number of likely N-dealkylation sites (tertiary alicyclic amines) is 1. The molecule has 340 valence electrons. The van der Waals surface area contributed by atoms with Crippen LogP contribution in [0, 0.1) is 11.8 Å². The van der Waals surface area contributed by atoms with Crippen molar-refractivity contribution in [2.24, 2.45) is 18.9 Å². The number of aromatic nitrogens is 7. The predicted molar refractivity (Wildman–Crippen MR) is 235 cm³/mol. The molecule has 0 bridgehead atoms. The zero-order valence-corrected chi connectivity index (χ0v) is 36.4. The number of imidazole rings is 1. The van der Waals surface area contributed by atoms with Gasteiger partial charge in [0.1, 0.15) is 17.4 Å². The lowest BCUT2D eigenvalue weighted by Crippen LogP contribution is -2.56. The number of imide groups is 1. The van der Waals surface area contributed by atoms with Gasteiger partial charge < -0.3 is 19.9 Å². The second-order valence-corrected chi connectivity index (χ2v) is 18.9. The van der Waals surface area contributed by atoms with Gasteiger partial charge in [-0.15, -0.1) is 0 Å². The van der Waals surface area contributed by atoms with Crippen molar-refractivity contribution in [1.82, 2.24) is 43.7 Å². The predicted octanol–water partition coefficient (Wildman–Crippen LogP) is 5.97. The first kappa shape index (κ1) is 42.5. The Kier molecular flexibility index (Phi) is 11.6. The normalized spacial score (nSPS) is 23.3. The number of morpholine rings is 1. The molecular weight excluding hydrogens is 825 g/mol. The maximum absolute atomic E-state index is 14.4. The molecule has 5 fully saturated rings. The number of carbonyl (C=O) groups excluding carboxylic acids is 3. The number of alkyl halides is 2. The molecule has 18 heteroatoms. The van der Waals surface area contributed by atoms with E-state index in [0.717, 1.165) is 126 Å². The third-order valence-corrected chi connectivity index (χ3v) is 14.8. The monoisotopic (exact) mass is 881 g/mol. The SMILES string of the molecule is Cn1c(=O)n(C2CCC(=O)NC2=O)c2cccc(CCCC3CCN(CC4CCC(n5cc(NC(=O)c6cnn7ccc(N8CCOC9(CCC9)C8)nc67)c(C(F)F)n5)CC4)CC3)c21. The second-order valence-electron chi connectivity index (χ2n) is 18.9. The van der Waals surface area contributed by atoms with Crippen molar-refractivity contribution in [2.75, 3.05) is 49.5 Å². The number of aryl methyl sites for hydroxylation is 2. The van der Waals surface area contributed by atoms with Crippen LogP contribution >= 0.6 is 0 Å². The number of rotatable bonds is 12. The number of piperidine rings is 2. The van der Waals surface area contributed by atoms with E-state index in [1.165, 1.54) is 10.7 Å². The molecule has 0 radical (unpaired) electrons. The fourth-order valence-corrected chi connectivity index (χ4v) is 11.1. The van der Waals surface area contributed by atoms with Crippen LogP contribution in [0.4, 0.5) is 20.3 Å². The largest absolute Gasteiger partial charge is 0.371 e. The van der Waals surface area contributed by atoms with Crippen molar-refractivity contribution in [3.05, 3.63) is 70.2 Å². The molecule has 4 aromatic heterocycles. The van der Waals surface area contributed by atoms with E-state index in [9.17, 15) is 28.0 Å². The van der Waals surface area contributed by atoms with Gasteiger partial charge in [0, 0.05) is 45.5 Å². The average Bonchev–Trinajstić information content (AvgIpc) is 3.98. The third kappa shape index (κ3) is 8.22. The number of nitrogens with one attached hydrogen (secondary N) is 2. The molecule has 1 aromatic carbocycles. The molecular formula is C46H57F2N11O5. The lowest BCUT2D eigenvalue weighted by molar-refractivity contribution is -0.135. The van der Waals surface area contributed by atoms with E-state index < -0.39 is 30.0 Å². The van der Waals surface area contributed by atoms with Crippen molar-refractivity contribution in [3.63, 3.8) is 0 Å². The van der Waals surface area contributed by atoms with Gasteiger partial charge in [-0.2, -0.15) is 10.2 Å². The first-order valence-corrected chi connectivity index (χ1v) is 23.2. The summed E-state index contributed by atoms with van der Waals surface area (Å²) in [5.41, 5.74) is 2.45. The number of anilines is 2. The second kappa shape index (κ2) is 17.5. The lowest BCUT2D eigenvalue weighted by Gasteiger charge is -2.48. The fraction of sp³-hybridized carbons (Fsp3) is 0.587. The van der Waals surface area contributed by atoms with E-state index in [4.69, 9.17) is 9.72 Å². The van der Waals surface area contributed by atoms with E-state index in [1.54, 1.807) is 33.3 Å². The fourth-order valence-electron chi connectivity index (χ4n) is 11.1. The molecule has 7 heterocycles. The number of ether oxygens (including phenoxy) is 1. The van der Waals surface area contributed by atoms with Crippen LogP contribution < -0.4 is 21.2 Å². The van der Waals surface area contributed by atoms with Gasteiger partial charge in [-0.25, -0.2) is 23.1 Å². The third-order valence-electron chi connectivity index (χ3n) is 14.8. The summed E-state index contributed by atoms with van der Waals surface area (Å²) in [4.78, 5) is 60.9. The van der Waals surface area contributed by atoms with Crippen LogP contribution in [-0.2, 0) is 27.8 Å². The number of amides is 3. The Morgan fingerprint density at radius 1 is 1.02 bits per heavy atom. The van der Waals surface area contributed by atoms with Crippen LogP contribution in [0.1, 0.15) is 124 Å². The maximum Gasteiger partial charge on any atom is 0.329 e. The molecule has 3 aliphatic heterocycles. The van der Waals surface area contributed by atoms with E-state index in [0.29, 0.717) is 37.1 Å². The van der Waals surface area contributed by atoms with Gasteiger partial charge >= 0.3 is 5.69 Å². The highest BCUT2D eigenvalue weighted by Gasteiger charge is 2.42. The quantitative estimate of drug-likeness (QED) is 0.143. The van der Waals surface area contributed by atoms with E-state index in [2.05, 4.69) is 36.7 Å². The number of nitrogens with zero attached hydrogens (tertiary/aromatic N) is 9. The lowest BCUT2D eigenvalue weighted by atomic mass is 9.79. The van der Waals surface area contributed by atoms with Crippen LogP contribution in [0.25, 0.3) is 16.7 Å². The van der Waals surface area contributed by atoms with Gasteiger partial charge in [-0.1, -0.05) is 18.6 Å². The maximum atomic E-state index is 14.4. The molecule has 16 nitrogen and oxygen atoms in total. The van der Waals surface area contributed by atoms with Crippen molar-refractivity contribution in [1.29, 1.82) is 0 Å². The van der Waals surface area contributed by atoms with Crippen molar-refractivity contribution in [3.8, 4) is 0 Å². The van der Waals surface area contributed by atoms with Crippen LogP contribution in [0.3, 0.4) is 0 Å². The van der Waals surface area contributed by atoms with Crippen LogP contribution in [-0.4, -0.2) is 101 Å². The summed E-state index contributed by atoms with van der Waals surface area (Å²) >= 11 is 0. The number of hydrogen-bond donors (Lipinski definition) is 2. The summed E-state index contributed by atoms with van der Waals surface area (Å²) in [5.74, 6) is 0.611. The summed E-state index contributed by atoms with van der Waals surface area (Å²) in [7, 11) is 1.75. The Balaban J connectivity index is 0.699. The van der Waals surface area contributed by atoms with E-state index in [1.807, 2.05) is 18.2 Å². The van der Waals surface area contributed by atoms with Crippen LogP contribution in [0.5, 0.6) is 0 Å². The molecule has 1 atom stereocenters. The van der Waals surface area contributed by atoms with Gasteiger partial charge in [0.05, 0.1) is 41.2 Å². The van der Waals surface area contributed by atoms with Gasteiger partial charge in [0.25, 0.3) is 12.3 Å². The summed E-state index contributed by atoms with van der Waals surface area (Å²) in [6.07, 6.45) is 14.5. The minimum Gasteiger partial charge on any atom is -0.371 e. The Hall–Kier alpha value is -5.49. The summed E-state index contributed by atoms with van der Waals surface area (Å²) < 4.78 is 41.2. The minimum absolute atomic E-state index is 0.00661. The zero-order chi connectivity index (χ0) is 44.1. The highest BCUT2D eigenvalue weighted by Crippen LogP contribution is 2.40. The number of hydrogen-bond acceptors (Lipinski definition) is 10. The molecule has 5 aliphatic rings. The number of para-hydroxylation sites is 1. The number of halogens is 2. The molecule has 2 saturated carbocycles. The van der Waals surface area contributed by atoms with Gasteiger partial charge in [0.15, 0.2) is 11.3 Å². The summed E-state index contributed by atoms with van der Waals surface area (Å²) in [6.45, 7) is 5.20. The smallest absolute Gasteiger partial charge is 0.329 e. The van der Waals surface area contributed by atoms with Crippen molar-refractivity contribution in [2.45, 2.75) is 114 Å². The highest BCUT2D eigenvalue weighted by molar-refractivity contribution is 6.08. The first-order valence-electron chi connectivity index (χ1n) is 23.2. The first-order chi connectivity index (χ1) is 31.0. The average molecular weight is 882 g/mol. The number of benzene rings is 1. The summed E-state index contributed by atoms with van der Waals surface area (Å²) in [5, 5.41) is 13.7. The molecule has 2 aliphatic carbocycles. The molecule has 1 unspecified atom stereocenters. The van der Waals surface area contributed by atoms with Crippen molar-refractivity contribution >= 4 is 45.9 Å². The molecule has 1 spiro atoms. The zero-order valence-electron chi connectivity index (χ0n) is 36.4. The van der Waals surface area contributed by atoms with Crippen LogP contribution in [0.15, 0.2) is 47.7 Å². The Morgan fingerprint density at radius 2 is 1.83 bits per heavy atom. The van der Waals surface area contributed by atoms with Gasteiger partial charge in [0.2, 0.25) is 11.8 Å². The van der Waals surface area contributed by atoms with Gasteiger partial charge in [-0.3, -0.25) is 33.5 Å². The van der Waals surface area contributed by atoms with E-state index >= 15 is 0 Å². The Labute approximate surface area is 369 Å². The van der Waals surface area contributed by atoms with Crippen molar-refractivity contribution < 1.29 is 27.9 Å². The summed E-state index contributed by atoms with van der Waals surface area (Å²) in [6, 6.07) is 7.07. The Bertz CT molecular complexity index is 2610. The topological polar surface area (TPSA) is 166 Å². The number of fused-ring (bicyclic) bond motifs is 2. The molecule has 5 aromatic rings. The molecule has 2 N–H and O–H groups in total. The van der Waals surface area contributed by atoms with Gasteiger partial charge in [-0.05, 0) is 120 Å². The molecule has 3 amide bonds. The molecule has 3 saturated heterocycles. The standard InChI is InChI=1S/C46H57F2N11O5/c1-54-40-31(7-3-8-35(40)59(45(54)63)36-13-14-38(60)52-44(36)62)6-2-5-29-15-20-55(21-16-29)26-30-9-11-32(12-10-30)58-27-34(39(53-58)41(47)48)50-43(61)33-25-49-57-22-17-37(51-42(33)57)56-23-24-64-46(28-56)18-4-19-46/h3,7-8,17,22,25,27,29-30,32,36,41H,2,4-6,9-16,18-21,23-24,26,28H2,1H3,(H,50,61)(H,52,60,62). The van der Waals surface area contributed by atoms with Crippen LogP contribution in [0.2, 0.25) is 0 Å². The van der Waals surface area contributed by atoms with E-state index in [-0.39, 0.29) is 40.9 Å². The molecule has 64 heavy (non-hydrogen) atoms. The highest BCUT2D eigenvalue weighted by atomic mass is 19.3. The Morgan fingerprint density at radius 3 is 2.58 bits per heavy atom. The molecule has 10 rings (SSSR count). The number of carbonyl (C=O) groups is 3. The minimum atomic E-state index is -2.85.